The Morgan fingerprint density at radius 2 is 1.58 bits per heavy atom. The van der Waals surface area contributed by atoms with Crippen molar-refractivity contribution >= 4 is 29.5 Å². The summed E-state index contributed by atoms with van der Waals surface area (Å²) in [4.78, 5) is 62.2. The van der Waals surface area contributed by atoms with Crippen LogP contribution in [0.25, 0.3) is 0 Å². The van der Waals surface area contributed by atoms with Crippen LogP contribution in [0.5, 0.6) is 0 Å². The van der Waals surface area contributed by atoms with Gasteiger partial charge in [-0.3, -0.25) is 34.2 Å². The first-order chi connectivity index (χ1) is 18.4. The van der Waals surface area contributed by atoms with E-state index in [0.717, 1.165) is 10.5 Å². The summed E-state index contributed by atoms with van der Waals surface area (Å²) < 4.78 is 16.3. The Balaban J connectivity index is 1.13. The summed E-state index contributed by atoms with van der Waals surface area (Å²) in [6.07, 6.45) is 0.143. The maximum atomic E-state index is 12.9. The van der Waals surface area contributed by atoms with Gasteiger partial charge in [0.25, 0.3) is 11.8 Å². The molecular formula is C27H29N3O8. The van der Waals surface area contributed by atoms with Crippen molar-refractivity contribution in [3.8, 4) is 0 Å². The molecule has 2 aliphatic heterocycles. The number of nitrogens with one attached hydrogen (secondary N) is 2. The van der Waals surface area contributed by atoms with E-state index in [1.165, 1.54) is 12.1 Å². The number of amides is 5. The molecule has 1 unspecified atom stereocenters. The summed E-state index contributed by atoms with van der Waals surface area (Å²) in [6, 6.07) is 13.5. The Morgan fingerprint density at radius 1 is 0.868 bits per heavy atom. The lowest BCUT2D eigenvalue weighted by Crippen LogP contribution is -2.54. The monoisotopic (exact) mass is 523 g/mol. The lowest BCUT2D eigenvalue weighted by molar-refractivity contribution is -0.136. The van der Waals surface area contributed by atoms with E-state index in [4.69, 9.17) is 14.2 Å². The topological polar surface area (TPSA) is 140 Å². The fourth-order valence-corrected chi connectivity index (χ4v) is 4.15. The Morgan fingerprint density at radius 3 is 2.34 bits per heavy atom. The summed E-state index contributed by atoms with van der Waals surface area (Å²) in [7, 11) is 0. The molecule has 2 N–H and O–H groups in total. The number of nitrogens with zero attached hydrogens (tertiary/aromatic N) is 1. The fourth-order valence-electron chi connectivity index (χ4n) is 4.15. The number of piperidine rings is 1. The van der Waals surface area contributed by atoms with Crippen LogP contribution in [0.1, 0.15) is 44.7 Å². The van der Waals surface area contributed by atoms with Gasteiger partial charge in [-0.05, 0) is 29.7 Å². The van der Waals surface area contributed by atoms with Gasteiger partial charge in [0, 0.05) is 13.0 Å². The highest BCUT2D eigenvalue weighted by Crippen LogP contribution is 2.28. The third-order valence-corrected chi connectivity index (χ3v) is 6.08. The predicted octanol–water partition coefficient (Wildman–Crippen LogP) is 0.954. The highest BCUT2D eigenvalue weighted by atomic mass is 16.5. The molecule has 0 aromatic heterocycles. The van der Waals surface area contributed by atoms with Gasteiger partial charge in [-0.1, -0.05) is 36.4 Å². The number of hydrogen-bond acceptors (Lipinski definition) is 8. The van der Waals surface area contributed by atoms with Crippen LogP contribution in [-0.4, -0.2) is 73.5 Å². The van der Waals surface area contributed by atoms with Crippen LogP contribution in [0.15, 0.2) is 48.5 Å². The number of carbonyl (C=O) groups excluding carboxylic acids is 5. The first-order valence-electron chi connectivity index (χ1n) is 12.3. The average molecular weight is 524 g/mol. The van der Waals surface area contributed by atoms with Gasteiger partial charge in [0.15, 0.2) is 0 Å². The Labute approximate surface area is 219 Å². The lowest BCUT2D eigenvalue weighted by atomic mass is 10.0. The zero-order chi connectivity index (χ0) is 26.9. The SMILES string of the molecule is O=C(COCCOCCOCc1ccccc1)NCc1ccc2c(c1)C(=O)N(C1CCC(=O)NC1=O)C2=O. The van der Waals surface area contributed by atoms with Crippen molar-refractivity contribution in [3.05, 3.63) is 70.8 Å². The normalized spacial score (nSPS) is 16.9. The summed E-state index contributed by atoms with van der Waals surface area (Å²) in [5, 5.41) is 4.86. The van der Waals surface area contributed by atoms with Gasteiger partial charge >= 0.3 is 0 Å². The number of fused-ring (bicyclic) bond motifs is 1. The van der Waals surface area contributed by atoms with Crippen LogP contribution in [0.4, 0.5) is 0 Å². The predicted molar refractivity (Wildman–Crippen MR) is 133 cm³/mol. The van der Waals surface area contributed by atoms with Gasteiger partial charge in [-0.15, -0.1) is 0 Å². The molecular weight excluding hydrogens is 494 g/mol. The van der Waals surface area contributed by atoms with E-state index in [-0.39, 0.29) is 49.6 Å². The minimum absolute atomic E-state index is 0.0540. The molecule has 38 heavy (non-hydrogen) atoms. The van der Waals surface area contributed by atoms with Crippen molar-refractivity contribution in [2.45, 2.75) is 32.0 Å². The lowest BCUT2D eigenvalue weighted by Gasteiger charge is -2.27. The summed E-state index contributed by atoms with van der Waals surface area (Å²) >= 11 is 0. The maximum absolute atomic E-state index is 12.9. The Kier molecular flexibility index (Phi) is 9.30. The van der Waals surface area contributed by atoms with E-state index in [2.05, 4.69) is 10.6 Å². The molecule has 1 atom stereocenters. The molecule has 2 aromatic carbocycles. The largest absolute Gasteiger partial charge is 0.377 e. The third kappa shape index (κ3) is 6.88. The molecule has 0 radical (unpaired) electrons. The number of rotatable bonds is 13. The zero-order valence-electron chi connectivity index (χ0n) is 20.8. The van der Waals surface area contributed by atoms with Crippen molar-refractivity contribution in [2.75, 3.05) is 33.0 Å². The number of carbonyl (C=O) groups is 5. The van der Waals surface area contributed by atoms with E-state index in [1.54, 1.807) is 6.07 Å². The van der Waals surface area contributed by atoms with Crippen LogP contribution >= 0.6 is 0 Å². The molecule has 11 heteroatoms. The maximum Gasteiger partial charge on any atom is 0.262 e. The fraction of sp³-hybridized carbons (Fsp3) is 0.370. The van der Waals surface area contributed by atoms with Crippen molar-refractivity contribution in [1.82, 2.24) is 15.5 Å². The molecule has 1 fully saturated rings. The van der Waals surface area contributed by atoms with E-state index in [9.17, 15) is 24.0 Å². The minimum Gasteiger partial charge on any atom is -0.377 e. The summed E-state index contributed by atoms with van der Waals surface area (Å²) in [6.45, 7) is 1.95. The second kappa shape index (κ2) is 13.0. The molecule has 1 saturated heterocycles. The van der Waals surface area contributed by atoms with E-state index >= 15 is 0 Å². The van der Waals surface area contributed by atoms with Crippen LogP contribution < -0.4 is 10.6 Å². The first kappa shape index (κ1) is 27.1. The van der Waals surface area contributed by atoms with Crippen molar-refractivity contribution in [3.63, 3.8) is 0 Å². The van der Waals surface area contributed by atoms with Crippen molar-refractivity contribution in [2.24, 2.45) is 0 Å². The number of benzene rings is 2. The molecule has 2 heterocycles. The quantitative estimate of drug-likeness (QED) is 0.292. The molecule has 0 bridgehead atoms. The molecule has 0 aliphatic carbocycles. The molecule has 0 spiro atoms. The average Bonchev–Trinajstić information content (AvgIpc) is 3.16. The molecule has 5 amide bonds. The van der Waals surface area contributed by atoms with Gasteiger partial charge in [-0.2, -0.15) is 0 Å². The molecule has 4 rings (SSSR count). The smallest absolute Gasteiger partial charge is 0.262 e. The van der Waals surface area contributed by atoms with E-state index in [1.807, 2.05) is 30.3 Å². The summed E-state index contributed by atoms with van der Waals surface area (Å²) in [5.41, 5.74) is 2.05. The van der Waals surface area contributed by atoms with Crippen molar-refractivity contribution < 1.29 is 38.2 Å². The molecule has 11 nitrogen and oxygen atoms in total. The van der Waals surface area contributed by atoms with Crippen LogP contribution in [0.2, 0.25) is 0 Å². The van der Waals surface area contributed by atoms with E-state index in [0.29, 0.717) is 32.0 Å². The first-order valence-corrected chi connectivity index (χ1v) is 12.3. The third-order valence-electron chi connectivity index (χ3n) is 6.08. The standard InChI is InChI=1S/C27H29N3O8/c31-23-9-8-22(25(33)29-23)30-26(34)20-7-6-19(14-21(20)27(30)35)15-28-24(32)17-38-13-11-36-10-12-37-16-18-4-2-1-3-5-18/h1-7,14,22H,8-13,15-17H2,(H,28,32)(H,29,31,33). The van der Waals surface area contributed by atoms with Gasteiger partial charge in [0.05, 0.1) is 44.2 Å². The minimum atomic E-state index is -1.02. The Hall–Kier alpha value is -3.93. The summed E-state index contributed by atoms with van der Waals surface area (Å²) in [5.74, 6) is -2.61. The van der Waals surface area contributed by atoms with Crippen molar-refractivity contribution in [1.29, 1.82) is 0 Å². The Bertz CT molecular complexity index is 1200. The van der Waals surface area contributed by atoms with Crippen LogP contribution in [-0.2, 0) is 41.7 Å². The second-order valence-corrected chi connectivity index (χ2v) is 8.81. The number of hydrogen-bond donors (Lipinski definition) is 2. The zero-order valence-corrected chi connectivity index (χ0v) is 20.8. The van der Waals surface area contributed by atoms with Crippen LogP contribution in [0.3, 0.4) is 0 Å². The van der Waals surface area contributed by atoms with E-state index < -0.39 is 29.7 Å². The highest BCUT2D eigenvalue weighted by Gasteiger charge is 2.44. The highest BCUT2D eigenvalue weighted by molar-refractivity contribution is 6.23. The molecule has 2 aromatic rings. The van der Waals surface area contributed by atoms with Gasteiger partial charge in [0.1, 0.15) is 12.6 Å². The number of imide groups is 2. The van der Waals surface area contributed by atoms with Gasteiger partial charge < -0.3 is 19.5 Å². The van der Waals surface area contributed by atoms with Gasteiger partial charge in [-0.25, -0.2) is 0 Å². The molecule has 200 valence electrons. The van der Waals surface area contributed by atoms with Crippen LogP contribution in [0, 0.1) is 0 Å². The molecule has 0 saturated carbocycles. The molecule has 2 aliphatic rings. The van der Waals surface area contributed by atoms with Gasteiger partial charge in [0.2, 0.25) is 17.7 Å². The second-order valence-electron chi connectivity index (χ2n) is 8.81. The number of ether oxygens (including phenoxy) is 3.